The monoisotopic (exact) mass is 289 g/mol. The summed E-state index contributed by atoms with van der Waals surface area (Å²) in [7, 11) is 1.65. The average molecular weight is 289 g/mol. The number of nitrogens with zero attached hydrogens (tertiary/aromatic N) is 2. The van der Waals surface area contributed by atoms with E-state index in [9.17, 15) is 0 Å². The largest absolute Gasteiger partial charge is 0.489 e. The lowest BCUT2D eigenvalue weighted by atomic mass is 10.0. The summed E-state index contributed by atoms with van der Waals surface area (Å²) >= 11 is 0. The summed E-state index contributed by atoms with van der Waals surface area (Å²) in [5.41, 5.74) is 1.20. The number of hydrogen-bond donors (Lipinski definition) is 1. The van der Waals surface area contributed by atoms with E-state index in [2.05, 4.69) is 15.5 Å². The molecule has 1 aromatic carbocycles. The Morgan fingerprint density at radius 2 is 2.29 bits per heavy atom. The van der Waals surface area contributed by atoms with E-state index in [0.717, 1.165) is 30.0 Å². The van der Waals surface area contributed by atoms with Crippen molar-refractivity contribution in [2.24, 2.45) is 0 Å². The zero-order valence-electron chi connectivity index (χ0n) is 12.5. The van der Waals surface area contributed by atoms with Gasteiger partial charge in [-0.3, -0.25) is 0 Å². The van der Waals surface area contributed by atoms with E-state index in [0.29, 0.717) is 18.3 Å². The molecule has 1 atom stereocenters. The highest BCUT2D eigenvalue weighted by Crippen LogP contribution is 2.38. The van der Waals surface area contributed by atoms with Crippen LogP contribution in [0.2, 0.25) is 0 Å². The molecule has 0 spiro atoms. The highest BCUT2D eigenvalue weighted by molar-refractivity contribution is 5.74. The lowest BCUT2D eigenvalue weighted by Gasteiger charge is -2.22. The van der Waals surface area contributed by atoms with Gasteiger partial charge >= 0.3 is 0 Å². The molecule has 0 aliphatic carbocycles. The van der Waals surface area contributed by atoms with Crippen LogP contribution in [0.25, 0.3) is 11.5 Å². The van der Waals surface area contributed by atoms with Crippen molar-refractivity contribution < 1.29 is 14.0 Å². The SMILES string of the molecule is CCC(C)(OC)c1noc(-c2cccc3c2OCCN3)n1. The van der Waals surface area contributed by atoms with Crippen LogP contribution in [0.15, 0.2) is 22.7 Å². The van der Waals surface area contributed by atoms with Gasteiger partial charge in [0.05, 0.1) is 11.3 Å². The predicted octanol–water partition coefficient (Wildman–Crippen LogP) is 2.81. The Kier molecular flexibility index (Phi) is 3.55. The normalized spacial score (nSPS) is 16.5. The van der Waals surface area contributed by atoms with Gasteiger partial charge in [0.2, 0.25) is 5.82 Å². The maximum atomic E-state index is 5.74. The first-order valence-corrected chi connectivity index (χ1v) is 7.07. The summed E-state index contributed by atoms with van der Waals surface area (Å²) in [6.45, 7) is 5.38. The van der Waals surface area contributed by atoms with Crippen molar-refractivity contribution in [3.63, 3.8) is 0 Å². The summed E-state index contributed by atoms with van der Waals surface area (Å²) in [5.74, 6) is 1.75. The molecule has 6 nitrogen and oxygen atoms in total. The number of anilines is 1. The number of benzene rings is 1. The van der Waals surface area contributed by atoms with Crippen LogP contribution in [0.4, 0.5) is 5.69 Å². The molecule has 0 bridgehead atoms. The van der Waals surface area contributed by atoms with Gasteiger partial charge in [-0.25, -0.2) is 0 Å². The molecule has 1 aliphatic heterocycles. The number of fused-ring (bicyclic) bond motifs is 1. The van der Waals surface area contributed by atoms with Crippen molar-refractivity contribution >= 4 is 5.69 Å². The molecule has 0 saturated heterocycles. The number of nitrogens with one attached hydrogen (secondary N) is 1. The molecule has 1 aliphatic rings. The number of ether oxygens (including phenoxy) is 2. The van der Waals surface area contributed by atoms with Gasteiger partial charge in [-0.2, -0.15) is 4.98 Å². The molecule has 1 aromatic heterocycles. The zero-order valence-corrected chi connectivity index (χ0v) is 12.5. The molecule has 1 unspecified atom stereocenters. The second kappa shape index (κ2) is 5.37. The smallest absolute Gasteiger partial charge is 0.261 e. The van der Waals surface area contributed by atoms with E-state index >= 15 is 0 Å². The molecule has 6 heteroatoms. The topological polar surface area (TPSA) is 69.4 Å². The minimum absolute atomic E-state index is 0.447. The van der Waals surface area contributed by atoms with Crippen LogP contribution in [0.5, 0.6) is 5.75 Å². The number of methoxy groups -OCH3 is 1. The van der Waals surface area contributed by atoms with Gasteiger partial charge < -0.3 is 19.3 Å². The maximum absolute atomic E-state index is 5.74. The molecule has 0 saturated carbocycles. The standard InChI is InChI=1S/C15H19N3O3/c1-4-15(2,19-3)14-17-13(21-18-14)10-6-5-7-11-12(10)20-9-8-16-11/h5-7,16H,4,8-9H2,1-3H3. The third kappa shape index (κ3) is 2.35. The van der Waals surface area contributed by atoms with Crippen LogP contribution >= 0.6 is 0 Å². The van der Waals surface area contributed by atoms with Crippen molar-refractivity contribution in [1.29, 1.82) is 0 Å². The second-order valence-corrected chi connectivity index (χ2v) is 5.17. The van der Waals surface area contributed by atoms with Crippen LogP contribution in [-0.2, 0) is 10.3 Å². The van der Waals surface area contributed by atoms with Crippen LogP contribution in [0.3, 0.4) is 0 Å². The lowest BCUT2D eigenvalue weighted by molar-refractivity contribution is -0.0106. The van der Waals surface area contributed by atoms with Gasteiger partial charge in [-0.05, 0) is 25.5 Å². The van der Waals surface area contributed by atoms with E-state index in [1.807, 2.05) is 32.0 Å². The summed E-state index contributed by atoms with van der Waals surface area (Å²) in [4.78, 5) is 4.49. The third-order valence-corrected chi connectivity index (χ3v) is 3.93. The van der Waals surface area contributed by atoms with E-state index in [4.69, 9.17) is 14.0 Å². The Bertz CT molecular complexity index is 635. The fourth-order valence-corrected chi connectivity index (χ4v) is 2.28. The molecular weight excluding hydrogens is 270 g/mol. The minimum Gasteiger partial charge on any atom is -0.489 e. The fourth-order valence-electron chi connectivity index (χ4n) is 2.28. The minimum atomic E-state index is -0.546. The Morgan fingerprint density at radius 3 is 3.05 bits per heavy atom. The first kappa shape index (κ1) is 13.9. The summed E-state index contributed by atoms with van der Waals surface area (Å²) in [6.07, 6.45) is 0.757. The molecule has 0 fully saturated rings. The molecule has 21 heavy (non-hydrogen) atoms. The van der Waals surface area contributed by atoms with Crippen molar-refractivity contribution in [3.8, 4) is 17.2 Å². The quantitative estimate of drug-likeness (QED) is 0.933. The van der Waals surface area contributed by atoms with Crippen LogP contribution in [0.1, 0.15) is 26.1 Å². The summed E-state index contributed by atoms with van der Waals surface area (Å²) in [5, 5.41) is 7.36. The maximum Gasteiger partial charge on any atom is 0.261 e. The first-order chi connectivity index (χ1) is 10.2. The van der Waals surface area contributed by atoms with Gasteiger partial charge in [-0.1, -0.05) is 18.1 Å². The van der Waals surface area contributed by atoms with Gasteiger partial charge in [0.25, 0.3) is 5.89 Å². The molecule has 112 valence electrons. The van der Waals surface area contributed by atoms with E-state index < -0.39 is 5.60 Å². The molecule has 0 radical (unpaired) electrons. The van der Waals surface area contributed by atoms with E-state index in [1.165, 1.54) is 0 Å². The first-order valence-electron chi connectivity index (χ1n) is 7.07. The Balaban J connectivity index is 2.01. The van der Waals surface area contributed by atoms with Crippen molar-refractivity contribution in [2.75, 3.05) is 25.6 Å². The second-order valence-electron chi connectivity index (χ2n) is 5.17. The number of hydrogen-bond acceptors (Lipinski definition) is 6. The van der Waals surface area contributed by atoms with Gasteiger partial charge in [0.15, 0.2) is 5.75 Å². The molecule has 0 amide bonds. The Labute approximate surface area is 123 Å². The summed E-state index contributed by atoms with van der Waals surface area (Å²) < 4.78 is 16.7. The summed E-state index contributed by atoms with van der Waals surface area (Å²) in [6, 6.07) is 5.83. The van der Waals surface area contributed by atoms with Gasteiger partial charge in [-0.15, -0.1) is 0 Å². The highest BCUT2D eigenvalue weighted by atomic mass is 16.5. The van der Waals surface area contributed by atoms with Crippen LogP contribution < -0.4 is 10.1 Å². The predicted molar refractivity (Wildman–Crippen MR) is 78.4 cm³/mol. The van der Waals surface area contributed by atoms with Crippen LogP contribution in [-0.4, -0.2) is 30.4 Å². The third-order valence-electron chi connectivity index (χ3n) is 3.93. The zero-order chi connectivity index (χ0) is 14.9. The number of para-hydroxylation sites is 1. The van der Waals surface area contributed by atoms with Gasteiger partial charge in [0, 0.05) is 13.7 Å². The highest BCUT2D eigenvalue weighted by Gasteiger charge is 2.31. The van der Waals surface area contributed by atoms with Gasteiger partial charge in [0.1, 0.15) is 12.2 Å². The lowest BCUT2D eigenvalue weighted by Crippen LogP contribution is -2.24. The van der Waals surface area contributed by atoms with Crippen molar-refractivity contribution in [3.05, 3.63) is 24.0 Å². The fraction of sp³-hybridized carbons (Fsp3) is 0.467. The van der Waals surface area contributed by atoms with Crippen molar-refractivity contribution in [1.82, 2.24) is 10.1 Å². The number of aromatic nitrogens is 2. The average Bonchev–Trinajstić information content (AvgIpc) is 3.04. The van der Waals surface area contributed by atoms with Crippen LogP contribution in [0, 0.1) is 0 Å². The van der Waals surface area contributed by atoms with E-state index in [1.54, 1.807) is 7.11 Å². The molecule has 1 N–H and O–H groups in total. The van der Waals surface area contributed by atoms with E-state index in [-0.39, 0.29) is 0 Å². The Morgan fingerprint density at radius 1 is 1.43 bits per heavy atom. The number of rotatable bonds is 4. The molecule has 2 heterocycles. The molecule has 3 rings (SSSR count). The van der Waals surface area contributed by atoms with Crippen molar-refractivity contribution in [2.45, 2.75) is 25.9 Å². The Hall–Kier alpha value is -2.08. The molecular formula is C15H19N3O3. The molecule has 2 aromatic rings.